The van der Waals surface area contributed by atoms with Gasteiger partial charge in [0, 0.05) is 31.9 Å². The molecule has 1 fully saturated rings. The Morgan fingerprint density at radius 1 is 1.42 bits per heavy atom. The summed E-state index contributed by atoms with van der Waals surface area (Å²) in [5.41, 5.74) is 7.30. The molecule has 2 unspecified atom stereocenters. The van der Waals surface area contributed by atoms with Crippen molar-refractivity contribution in [2.75, 3.05) is 13.1 Å². The minimum Gasteiger partial charge on any atom is -0.333 e. The molecule has 0 saturated carbocycles. The lowest BCUT2D eigenvalue weighted by Gasteiger charge is -2.38. The lowest BCUT2D eigenvalue weighted by Crippen LogP contribution is -2.46. The summed E-state index contributed by atoms with van der Waals surface area (Å²) in [6.45, 7) is 8.52. The molecule has 0 aromatic carbocycles. The van der Waals surface area contributed by atoms with E-state index in [9.17, 15) is 0 Å². The second kappa shape index (κ2) is 7.06. The highest BCUT2D eigenvalue weighted by Crippen LogP contribution is 2.26. The Labute approximate surface area is 117 Å². The quantitative estimate of drug-likeness (QED) is 0.857. The number of likely N-dealkylation sites (tertiary alicyclic amines) is 1. The number of hydrogen-bond acceptors (Lipinski definition) is 3. The van der Waals surface area contributed by atoms with E-state index in [4.69, 9.17) is 5.73 Å². The maximum atomic E-state index is 5.97. The molecule has 108 valence electrons. The third-order valence-electron chi connectivity index (χ3n) is 4.42. The minimum atomic E-state index is 0.545. The average Bonchev–Trinajstić information content (AvgIpc) is 2.87. The van der Waals surface area contributed by atoms with Gasteiger partial charge in [0.25, 0.3) is 0 Å². The normalized spacial score (nSPS) is 24.8. The molecule has 1 aliphatic rings. The van der Waals surface area contributed by atoms with Crippen molar-refractivity contribution in [3.63, 3.8) is 0 Å². The molecule has 1 saturated heterocycles. The van der Waals surface area contributed by atoms with Crippen LogP contribution in [-0.2, 0) is 13.1 Å². The van der Waals surface area contributed by atoms with Gasteiger partial charge >= 0.3 is 0 Å². The van der Waals surface area contributed by atoms with E-state index in [-0.39, 0.29) is 0 Å². The molecule has 2 atom stereocenters. The highest BCUT2D eigenvalue weighted by Gasteiger charge is 2.27. The molecular weight excluding hydrogens is 236 g/mol. The van der Waals surface area contributed by atoms with Crippen molar-refractivity contribution in [3.05, 3.63) is 18.2 Å². The molecule has 2 rings (SSSR count). The Hall–Kier alpha value is -0.870. The van der Waals surface area contributed by atoms with Crippen LogP contribution in [0, 0.1) is 5.92 Å². The SMILES string of the molecule is CCCn1cncc1CN1CCC(CC)CC1CN. The maximum Gasteiger partial charge on any atom is 0.0948 e. The van der Waals surface area contributed by atoms with Crippen LogP contribution < -0.4 is 5.73 Å². The van der Waals surface area contributed by atoms with Gasteiger partial charge in [-0.15, -0.1) is 0 Å². The molecule has 1 aromatic rings. The van der Waals surface area contributed by atoms with Crippen molar-refractivity contribution in [3.8, 4) is 0 Å². The Bertz CT molecular complexity index is 374. The summed E-state index contributed by atoms with van der Waals surface area (Å²) in [7, 11) is 0. The predicted octanol–water partition coefficient (Wildman–Crippen LogP) is 2.24. The third kappa shape index (κ3) is 3.57. The van der Waals surface area contributed by atoms with Crippen LogP contribution in [-0.4, -0.2) is 33.6 Å². The van der Waals surface area contributed by atoms with Gasteiger partial charge in [0.15, 0.2) is 0 Å². The zero-order valence-electron chi connectivity index (χ0n) is 12.4. The molecular formula is C15H28N4. The van der Waals surface area contributed by atoms with Gasteiger partial charge in [-0.25, -0.2) is 4.98 Å². The molecule has 1 aromatic heterocycles. The molecule has 2 heterocycles. The van der Waals surface area contributed by atoms with Crippen LogP contribution in [0.1, 0.15) is 45.2 Å². The number of aromatic nitrogens is 2. The lowest BCUT2D eigenvalue weighted by atomic mass is 9.89. The number of imidazole rings is 1. The number of rotatable bonds is 6. The van der Waals surface area contributed by atoms with E-state index in [1.165, 1.54) is 31.5 Å². The summed E-state index contributed by atoms with van der Waals surface area (Å²) in [5, 5.41) is 0. The van der Waals surface area contributed by atoms with Gasteiger partial charge < -0.3 is 10.3 Å². The predicted molar refractivity (Wildman–Crippen MR) is 78.8 cm³/mol. The number of hydrogen-bond donors (Lipinski definition) is 1. The van der Waals surface area contributed by atoms with E-state index in [2.05, 4.69) is 28.3 Å². The standard InChI is InChI=1S/C15H28N4/c1-3-6-19-12-17-10-15(19)11-18-7-5-13(4-2)8-14(18)9-16/h10,12-14H,3-9,11,16H2,1-2H3. The van der Waals surface area contributed by atoms with E-state index < -0.39 is 0 Å². The van der Waals surface area contributed by atoms with Crippen molar-refractivity contribution in [1.82, 2.24) is 14.5 Å². The Morgan fingerprint density at radius 2 is 2.26 bits per heavy atom. The Morgan fingerprint density at radius 3 is 2.95 bits per heavy atom. The first-order valence-electron chi connectivity index (χ1n) is 7.71. The summed E-state index contributed by atoms with van der Waals surface area (Å²) in [6, 6.07) is 0.545. The minimum absolute atomic E-state index is 0.545. The van der Waals surface area contributed by atoms with Crippen LogP contribution in [0.2, 0.25) is 0 Å². The maximum absolute atomic E-state index is 5.97. The van der Waals surface area contributed by atoms with E-state index in [1.807, 2.05) is 12.5 Å². The summed E-state index contributed by atoms with van der Waals surface area (Å²) in [6.07, 6.45) is 8.98. The van der Waals surface area contributed by atoms with Crippen LogP contribution in [0.4, 0.5) is 0 Å². The summed E-state index contributed by atoms with van der Waals surface area (Å²) in [5.74, 6) is 0.866. The van der Waals surface area contributed by atoms with Crippen LogP contribution in [0.5, 0.6) is 0 Å². The second-order valence-electron chi connectivity index (χ2n) is 5.74. The molecule has 0 spiro atoms. The smallest absolute Gasteiger partial charge is 0.0948 e. The molecule has 0 bridgehead atoms. The largest absolute Gasteiger partial charge is 0.333 e. The zero-order chi connectivity index (χ0) is 13.7. The van der Waals surface area contributed by atoms with Crippen molar-refractivity contribution >= 4 is 0 Å². The molecule has 0 amide bonds. The molecule has 1 aliphatic heterocycles. The summed E-state index contributed by atoms with van der Waals surface area (Å²) >= 11 is 0. The first-order chi connectivity index (χ1) is 9.28. The van der Waals surface area contributed by atoms with Crippen LogP contribution in [0.15, 0.2) is 12.5 Å². The van der Waals surface area contributed by atoms with E-state index >= 15 is 0 Å². The van der Waals surface area contributed by atoms with E-state index in [0.717, 1.165) is 32.0 Å². The molecule has 19 heavy (non-hydrogen) atoms. The zero-order valence-corrected chi connectivity index (χ0v) is 12.4. The number of nitrogens with two attached hydrogens (primary N) is 1. The van der Waals surface area contributed by atoms with Gasteiger partial charge in [-0.05, 0) is 31.7 Å². The van der Waals surface area contributed by atoms with Gasteiger partial charge in [0.05, 0.1) is 12.0 Å². The number of piperidine rings is 1. The highest BCUT2D eigenvalue weighted by atomic mass is 15.2. The average molecular weight is 264 g/mol. The highest BCUT2D eigenvalue weighted by molar-refractivity contribution is 5.00. The fourth-order valence-electron chi connectivity index (χ4n) is 3.14. The molecule has 4 heteroatoms. The summed E-state index contributed by atoms with van der Waals surface area (Å²) < 4.78 is 2.28. The van der Waals surface area contributed by atoms with Crippen LogP contribution in [0.3, 0.4) is 0 Å². The Balaban J connectivity index is 1.99. The van der Waals surface area contributed by atoms with Crippen molar-refractivity contribution < 1.29 is 0 Å². The number of aryl methyl sites for hydroxylation is 1. The van der Waals surface area contributed by atoms with Crippen LogP contribution >= 0.6 is 0 Å². The fourth-order valence-corrected chi connectivity index (χ4v) is 3.14. The van der Waals surface area contributed by atoms with Gasteiger partial charge in [-0.3, -0.25) is 4.90 Å². The van der Waals surface area contributed by atoms with E-state index in [0.29, 0.717) is 6.04 Å². The second-order valence-corrected chi connectivity index (χ2v) is 5.74. The lowest BCUT2D eigenvalue weighted by molar-refractivity contribution is 0.105. The Kier molecular flexibility index (Phi) is 5.40. The fraction of sp³-hybridized carbons (Fsp3) is 0.800. The number of nitrogens with zero attached hydrogens (tertiary/aromatic N) is 3. The first-order valence-corrected chi connectivity index (χ1v) is 7.71. The van der Waals surface area contributed by atoms with Gasteiger partial charge in [0.2, 0.25) is 0 Å². The molecule has 4 nitrogen and oxygen atoms in total. The molecule has 0 aliphatic carbocycles. The topological polar surface area (TPSA) is 47.1 Å². The van der Waals surface area contributed by atoms with Crippen molar-refractivity contribution in [1.29, 1.82) is 0 Å². The summed E-state index contributed by atoms with van der Waals surface area (Å²) in [4.78, 5) is 6.84. The van der Waals surface area contributed by atoms with E-state index in [1.54, 1.807) is 0 Å². The molecule has 2 N–H and O–H groups in total. The first kappa shape index (κ1) is 14.5. The van der Waals surface area contributed by atoms with Crippen molar-refractivity contribution in [2.45, 2.75) is 58.7 Å². The third-order valence-corrected chi connectivity index (χ3v) is 4.42. The van der Waals surface area contributed by atoms with Gasteiger partial charge in [-0.2, -0.15) is 0 Å². The molecule has 0 radical (unpaired) electrons. The monoisotopic (exact) mass is 264 g/mol. The van der Waals surface area contributed by atoms with Gasteiger partial charge in [0.1, 0.15) is 0 Å². The van der Waals surface area contributed by atoms with Crippen molar-refractivity contribution in [2.24, 2.45) is 11.7 Å². The van der Waals surface area contributed by atoms with Crippen LogP contribution in [0.25, 0.3) is 0 Å². The van der Waals surface area contributed by atoms with Gasteiger partial charge in [-0.1, -0.05) is 20.3 Å².